The molecule has 2 aliphatic heterocycles. The number of hydroxylamine groups is 3. The molecular formula is C24H27FN4O. The third-order valence-corrected chi connectivity index (χ3v) is 6.38. The number of nitrogens with zero attached hydrogens (tertiary/aromatic N) is 3. The summed E-state index contributed by atoms with van der Waals surface area (Å²) in [5.74, 6) is -0.225. The summed E-state index contributed by atoms with van der Waals surface area (Å²) >= 11 is 0. The molecule has 1 saturated heterocycles. The van der Waals surface area contributed by atoms with Crippen LogP contribution in [0.25, 0.3) is 22.2 Å². The van der Waals surface area contributed by atoms with Crippen molar-refractivity contribution in [2.45, 2.75) is 6.42 Å². The Balaban J connectivity index is 1.37. The highest BCUT2D eigenvalue weighted by Gasteiger charge is 2.24. The molecule has 0 spiro atoms. The molecule has 0 radical (unpaired) electrons. The predicted molar refractivity (Wildman–Crippen MR) is 118 cm³/mol. The van der Waals surface area contributed by atoms with Crippen molar-refractivity contribution in [3.05, 3.63) is 77.4 Å². The summed E-state index contributed by atoms with van der Waals surface area (Å²) in [6.07, 6.45) is 5.44. The van der Waals surface area contributed by atoms with E-state index in [-0.39, 0.29) is 10.5 Å². The quantitative estimate of drug-likeness (QED) is 0.519. The molecule has 1 fully saturated rings. The standard InChI is InChI=1S/C24H27FN4O/c25-20-5-7-21(8-6-20)28-17-23(22-3-1-2-4-24(22)28)19-9-12-27(13-10-19)14-16-29(30)15-11-26-18-29/h1-9,17,26H,10-16,18H2. The number of para-hydroxylation sites is 1. The highest BCUT2D eigenvalue weighted by Crippen LogP contribution is 2.32. The van der Waals surface area contributed by atoms with Crippen molar-refractivity contribution in [2.24, 2.45) is 0 Å². The highest BCUT2D eigenvalue weighted by atomic mass is 19.1. The summed E-state index contributed by atoms with van der Waals surface area (Å²) in [5, 5.41) is 16.9. The van der Waals surface area contributed by atoms with Gasteiger partial charge in [0.05, 0.1) is 25.2 Å². The van der Waals surface area contributed by atoms with Crippen molar-refractivity contribution < 1.29 is 9.04 Å². The van der Waals surface area contributed by atoms with E-state index >= 15 is 0 Å². The molecule has 1 N–H and O–H groups in total. The molecule has 0 aliphatic carbocycles. The molecule has 5 nitrogen and oxygen atoms in total. The van der Waals surface area contributed by atoms with E-state index in [0.29, 0.717) is 19.8 Å². The van der Waals surface area contributed by atoms with E-state index < -0.39 is 0 Å². The Kier molecular flexibility index (Phi) is 5.16. The van der Waals surface area contributed by atoms with Crippen LogP contribution < -0.4 is 5.32 Å². The van der Waals surface area contributed by atoms with Crippen LogP contribution in [0.4, 0.5) is 4.39 Å². The van der Waals surface area contributed by atoms with Crippen molar-refractivity contribution in [3.63, 3.8) is 0 Å². The van der Waals surface area contributed by atoms with Gasteiger partial charge >= 0.3 is 0 Å². The van der Waals surface area contributed by atoms with E-state index in [4.69, 9.17) is 0 Å². The molecule has 1 atom stereocenters. The Hall–Kier alpha value is -2.51. The maximum Gasteiger partial charge on any atom is 0.132 e. The van der Waals surface area contributed by atoms with Gasteiger partial charge in [0.25, 0.3) is 0 Å². The minimum Gasteiger partial charge on any atom is -0.632 e. The van der Waals surface area contributed by atoms with Crippen LogP contribution in [-0.4, -0.2) is 60.1 Å². The van der Waals surface area contributed by atoms with Crippen LogP contribution in [0.15, 0.2) is 60.8 Å². The molecule has 5 rings (SSSR count). The monoisotopic (exact) mass is 406 g/mol. The van der Waals surface area contributed by atoms with E-state index in [2.05, 4.69) is 45.3 Å². The minimum absolute atomic E-state index is 0.113. The lowest BCUT2D eigenvalue weighted by Gasteiger charge is -2.39. The molecule has 156 valence electrons. The number of halogens is 1. The van der Waals surface area contributed by atoms with Gasteiger partial charge in [0.2, 0.25) is 0 Å². The predicted octanol–water partition coefficient (Wildman–Crippen LogP) is 3.73. The molecule has 1 aromatic heterocycles. The van der Waals surface area contributed by atoms with Gasteiger partial charge in [-0.2, -0.15) is 0 Å². The van der Waals surface area contributed by atoms with Gasteiger partial charge in [0, 0.05) is 42.5 Å². The third kappa shape index (κ3) is 3.79. The number of rotatable bonds is 5. The van der Waals surface area contributed by atoms with Crippen molar-refractivity contribution in [2.75, 3.05) is 45.9 Å². The first-order chi connectivity index (χ1) is 14.6. The molecule has 2 aliphatic rings. The Labute approximate surface area is 176 Å². The van der Waals surface area contributed by atoms with Gasteiger partial charge in [-0.15, -0.1) is 0 Å². The first-order valence-corrected chi connectivity index (χ1v) is 10.7. The van der Waals surface area contributed by atoms with Crippen LogP contribution in [0.3, 0.4) is 0 Å². The number of fused-ring (bicyclic) bond motifs is 1. The van der Waals surface area contributed by atoms with E-state index in [1.807, 2.05) is 18.2 Å². The second-order valence-electron chi connectivity index (χ2n) is 8.35. The molecule has 6 heteroatoms. The molecule has 30 heavy (non-hydrogen) atoms. The first kappa shape index (κ1) is 19.5. The van der Waals surface area contributed by atoms with Gasteiger partial charge in [-0.1, -0.05) is 24.3 Å². The number of hydrogen-bond acceptors (Lipinski definition) is 3. The number of aromatic nitrogens is 1. The molecule has 0 bridgehead atoms. The average molecular weight is 407 g/mol. The largest absolute Gasteiger partial charge is 0.632 e. The van der Waals surface area contributed by atoms with Gasteiger partial charge < -0.3 is 14.4 Å². The van der Waals surface area contributed by atoms with Gasteiger partial charge in [-0.3, -0.25) is 10.2 Å². The summed E-state index contributed by atoms with van der Waals surface area (Å²) in [7, 11) is 0. The van der Waals surface area contributed by atoms with Crippen molar-refractivity contribution in [3.8, 4) is 5.69 Å². The molecule has 2 aromatic carbocycles. The zero-order chi connectivity index (χ0) is 20.6. The number of hydrogen-bond donors (Lipinski definition) is 1. The fourth-order valence-corrected chi connectivity index (χ4v) is 4.57. The summed E-state index contributed by atoms with van der Waals surface area (Å²) in [6, 6.07) is 15.0. The molecule has 0 saturated carbocycles. The Morgan fingerprint density at radius 3 is 2.67 bits per heavy atom. The zero-order valence-corrected chi connectivity index (χ0v) is 17.1. The summed E-state index contributed by atoms with van der Waals surface area (Å²) in [5.41, 5.74) is 4.67. The molecular weight excluding hydrogens is 379 g/mol. The smallest absolute Gasteiger partial charge is 0.132 e. The molecule has 1 unspecified atom stereocenters. The third-order valence-electron chi connectivity index (χ3n) is 6.38. The van der Waals surface area contributed by atoms with Crippen molar-refractivity contribution in [1.82, 2.24) is 14.8 Å². The fraction of sp³-hybridized carbons (Fsp3) is 0.333. The second-order valence-corrected chi connectivity index (χ2v) is 8.35. The first-order valence-electron chi connectivity index (χ1n) is 10.7. The van der Waals surface area contributed by atoms with Crippen molar-refractivity contribution >= 4 is 16.5 Å². The lowest BCUT2D eigenvalue weighted by molar-refractivity contribution is -0.868. The molecule has 0 amide bonds. The van der Waals surface area contributed by atoms with Gasteiger partial charge in [-0.25, -0.2) is 4.39 Å². The number of nitrogens with one attached hydrogen (secondary N) is 1. The Bertz CT molecular complexity index is 1070. The van der Waals surface area contributed by atoms with Gasteiger partial charge in [-0.05, 0) is 42.3 Å². The minimum atomic E-state index is -0.225. The van der Waals surface area contributed by atoms with Crippen LogP contribution in [-0.2, 0) is 0 Å². The zero-order valence-electron chi connectivity index (χ0n) is 17.1. The number of quaternary nitrogens is 1. The summed E-state index contributed by atoms with van der Waals surface area (Å²) < 4.78 is 15.4. The topological polar surface area (TPSA) is 43.3 Å². The molecule has 3 heterocycles. The van der Waals surface area contributed by atoms with Crippen LogP contribution >= 0.6 is 0 Å². The summed E-state index contributed by atoms with van der Waals surface area (Å²) in [4.78, 5) is 2.37. The lowest BCUT2D eigenvalue weighted by Crippen LogP contribution is -2.46. The van der Waals surface area contributed by atoms with Gasteiger partial charge in [0.15, 0.2) is 0 Å². The van der Waals surface area contributed by atoms with E-state index in [1.54, 1.807) is 0 Å². The highest BCUT2D eigenvalue weighted by molar-refractivity contribution is 5.94. The summed E-state index contributed by atoms with van der Waals surface area (Å²) in [6.45, 7) is 5.38. The molecule has 3 aromatic rings. The van der Waals surface area contributed by atoms with Crippen LogP contribution in [0.5, 0.6) is 0 Å². The maximum atomic E-state index is 13.4. The van der Waals surface area contributed by atoms with E-state index in [0.717, 1.165) is 43.8 Å². The Morgan fingerprint density at radius 1 is 1.10 bits per heavy atom. The van der Waals surface area contributed by atoms with Crippen LogP contribution in [0, 0.1) is 11.0 Å². The van der Waals surface area contributed by atoms with E-state index in [1.165, 1.54) is 28.7 Å². The van der Waals surface area contributed by atoms with E-state index in [9.17, 15) is 9.60 Å². The number of benzene rings is 2. The fourth-order valence-electron chi connectivity index (χ4n) is 4.57. The van der Waals surface area contributed by atoms with Crippen LogP contribution in [0.1, 0.15) is 12.0 Å². The SMILES string of the molecule is [O-][N+]1(CCN2CC=C(c3cn(-c4ccc(F)cc4)c4ccccc34)CC2)CCNC1. The lowest BCUT2D eigenvalue weighted by atomic mass is 9.99. The normalized spacial score (nSPS) is 22.5. The van der Waals surface area contributed by atoms with Crippen LogP contribution in [0.2, 0.25) is 0 Å². The van der Waals surface area contributed by atoms with Crippen molar-refractivity contribution in [1.29, 1.82) is 0 Å². The maximum absolute atomic E-state index is 13.4. The van der Waals surface area contributed by atoms with Gasteiger partial charge in [0.1, 0.15) is 12.5 Å². The Morgan fingerprint density at radius 2 is 1.93 bits per heavy atom. The second kappa shape index (κ2) is 7.96. The average Bonchev–Trinajstić information content (AvgIpc) is 3.38.